The molecule has 3 nitrogen and oxygen atoms in total. The molecule has 0 saturated heterocycles. The summed E-state index contributed by atoms with van der Waals surface area (Å²) in [5, 5.41) is 9.72. The summed E-state index contributed by atoms with van der Waals surface area (Å²) >= 11 is 3.28. The summed E-state index contributed by atoms with van der Waals surface area (Å²) in [6.07, 6.45) is 13.2. The van der Waals surface area contributed by atoms with Crippen molar-refractivity contribution < 1.29 is 9.90 Å². The van der Waals surface area contributed by atoms with E-state index in [4.69, 9.17) is 0 Å². The van der Waals surface area contributed by atoms with Gasteiger partial charge in [0.25, 0.3) is 0 Å². The molecule has 0 bridgehead atoms. The Labute approximate surface area is 142 Å². The molecule has 0 fully saturated rings. The van der Waals surface area contributed by atoms with Gasteiger partial charge < -0.3 is 5.11 Å². The lowest BCUT2D eigenvalue weighted by atomic mass is 10.1. The van der Waals surface area contributed by atoms with Crippen molar-refractivity contribution in [1.29, 1.82) is 0 Å². The van der Waals surface area contributed by atoms with Gasteiger partial charge in [-0.1, -0.05) is 56.4 Å². The largest absolute Gasteiger partial charge is 0.480 e. The van der Waals surface area contributed by atoms with Crippen LogP contribution in [0.4, 0.5) is 0 Å². The molecule has 0 amide bonds. The molecular formula is C17H27NO2S2. The molecule has 1 atom stereocenters. The maximum Gasteiger partial charge on any atom is 0.317 e. The average molecular weight is 342 g/mol. The minimum absolute atomic E-state index is 0.378. The van der Waals surface area contributed by atoms with Gasteiger partial charge in [0.05, 0.1) is 5.03 Å². The number of hydrogen-bond acceptors (Lipinski definition) is 4. The second kappa shape index (κ2) is 12.8. The predicted molar refractivity (Wildman–Crippen MR) is 96.8 cm³/mol. The summed E-state index contributed by atoms with van der Waals surface area (Å²) in [5.74, 6) is 0.540. The molecule has 1 N–H and O–H groups in total. The van der Waals surface area contributed by atoms with E-state index >= 15 is 0 Å². The lowest BCUT2D eigenvalue weighted by Crippen LogP contribution is -2.16. The Kier molecular flexibility index (Phi) is 11.3. The van der Waals surface area contributed by atoms with Gasteiger partial charge in [0.1, 0.15) is 5.25 Å². The third kappa shape index (κ3) is 9.36. The van der Waals surface area contributed by atoms with Gasteiger partial charge in [-0.15, -0.1) is 0 Å². The van der Waals surface area contributed by atoms with Gasteiger partial charge in [-0.25, -0.2) is 4.98 Å². The van der Waals surface area contributed by atoms with Crippen molar-refractivity contribution in [2.75, 3.05) is 12.0 Å². The lowest BCUT2D eigenvalue weighted by molar-refractivity contribution is -0.136. The molecule has 0 aromatic carbocycles. The zero-order valence-corrected chi connectivity index (χ0v) is 15.0. The van der Waals surface area contributed by atoms with E-state index < -0.39 is 5.97 Å². The maximum atomic E-state index is 11.3. The fourth-order valence-electron chi connectivity index (χ4n) is 2.26. The number of carboxylic acid groups (broad SMARTS) is 1. The molecular weight excluding hydrogens is 314 g/mol. The van der Waals surface area contributed by atoms with Crippen LogP contribution in [0.2, 0.25) is 0 Å². The normalized spacial score (nSPS) is 12.2. The molecule has 0 aliphatic carbocycles. The molecule has 0 aliphatic heterocycles. The van der Waals surface area contributed by atoms with Gasteiger partial charge in [0.2, 0.25) is 0 Å². The van der Waals surface area contributed by atoms with Gasteiger partial charge >= 0.3 is 5.97 Å². The Morgan fingerprint density at radius 1 is 1.14 bits per heavy atom. The van der Waals surface area contributed by atoms with Crippen molar-refractivity contribution in [3.05, 3.63) is 24.4 Å². The molecule has 22 heavy (non-hydrogen) atoms. The van der Waals surface area contributed by atoms with Crippen LogP contribution in [0, 0.1) is 0 Å². The van der Waals surface area contributed by atoms with Crippen LogP contribution in [0.15, 0.2) is 29.4 Å². The van der Waals surface area contributed by atoms with Gasteiger partial charge in [-0.05, 0) is 37.0 Å². The maximum absolute atomic E-state index is 11.3. The van der Waals surface area contributed by atoms with Crippen LogP contribution in [0.3, 0.4) is 0 Å². The van der Waals surface area contributed by atoms with Crippen molar-refractivity contribution in [3.8, 4) is 0 Å². The SMILES string of the molecule is CSCCCCCCCCCC(Sc1ccccn1)C(=O)O. The van der Waals surface area contributed by atoms with Crippen molar-refractivity contribution in [1.82, 2.24) is 4.98 Å². The van der Waals surface area contributed by atoms with Crippen molar-refractivity contribution in [2.24, 2.45) is 0 Å². The van der Waals surface area contributed by atoms with Gasteiger partial charge in [0, 0.05) is 6.20 Å². The van der Waals surface area contributed by atoms with Crippen LogP contribution in [0.25, 0.3) is 0 Å². The first-order valence-electron chi connectivity index (χ1n) is 8.03. The van der Waals surface area contributed by atoms with Crippen LogP contribution in [0.5, 0.6) is 0 Å². The van der Waals surface area contributed by atoms with Crippen LogP contribution in [0.1, 0.15) is 51.4 Å². The van der Waals surface area contributed by atoms with E-state index in [9.17, 15) is 9.90 Å². The smallest absolute Gasteiger partial charge is 0.317 e. The molecule has 0 saturated carbocycles. The molecule has 0 spiro atoms. The Morgan fingerprint density at radius 3 is 2.41 bits per heavy atom. The lowest BCUT2D eigenvalue weighted by Gasteiger charge is -2.11. The molecule has 1 heterocycles. The van der Waals surface area contributed by atoms with Crippen LogP contribution in [-0.2, 0) is 4.79 Å². The molecule has 0 aliphatic rings. The molecule has 1 aromatic rings. The van der Waals surface area contributed by atoms with Crippen LogP contribution < -0.4 is 0 Å². The topological polar surface area (TPSA) is 50.2 Å². The van der Waals surface area contributed by atoms with E-state index in [1.807, 2.05) is 30.0 Å². The second-order valence-corrected chi connectivity index (χ2v) is 7.58. The Hall–Kier alpha value is -0.680. The van der Waals surface area contributed by atoms with Gasteiger partial charge in [-0.3, -0.25) is 4.79 Å². The summed E-state index contributed by atoms with van der Waals surface area (Å²) in [4.78, 5) is 15.5. The predicted octanol–water partition coefficient (Wildman–Crippen LogP) is 5.11. The second-order valence-electron chi connectivity index (χ2n) is 5.37. The van der Waals surface area contributed by atoms with Crippen molar-refractivity contribution in [3.63, 3.8) is 0 Å². The third-order valence-electron chi connectivity index (χ3n) is 3.49. The van der Waals surface area contributed by atoms with E-state index in [-0.39, 0.29) is 5.25 Å². The highest BCUT2D eigenvalue weighted by atomic mass is 32.2. The van der Waals surface area contributed by atoms with Gasteiger partial charge in [0.15, 0.2) is 0 Å². The van der Waals surface area contributed by atoms with E-state index in [2.05, 4.69) is 11.2 Å². The standard InChI is InChI=1S/C17H27NO2S2/c1-21-14-10-6-4-2-3-5-7-11-15(17(19)20)22-16-12-8-9-13-18-16/h8-9,12-13,15H,2-7,10-11,14H2,1H3,(H,19,20). The summed E-state index contributed by atoms with van der Waals surface area (Å²) < 4.78 is 0. The number of carboxylic acids is 1. The molecule has 0 radical (unpaired) electrons. The highest BCUT2D eigenvalue weighted by Gasteiger charge is 2.18. The number of pyridine rings is 1. The summed E-state index contributed by atoms with van der Waals surface area (Å²) in [5.41, 5.74) is 0. The number of hydrogen-bond donors (Lipinski definition) is 1. The average Bonchev–Trinajstić information content (AvgIpc) is 2.53. The van der Waals surface area contributed by atoms with Crippen molar-refractivity contribution >= 4 is 29.5 Å². The molecule has 1 aromatic heterocycles. The molecule has 124 valence electrons. The number of unbranched alkanes of at least 4 members (excludes halogenated alkanes) is 6. The number of thioether (sulfide) groups is 2. The molecule has 1 unspecified atom stereocenters. The number of aliphatic carboxylic acids is 1. The van der Waals surface area contributed by atoms with E-state index in [1.165, 1.54) is 49.6 Å². The fraction of sp³-hybridized carbons (Fsp3) is 0.647. The first-order chi connectivity index (χ1) is 10.7. The highest BCUT2D eigenvalue weighted by molar-refractivity contribution is 8.00. The zero-order chi connectivity index (χ0) is 16.0. The first kappa shape index (κ1) is 19.4. The van der Waals surface area contributed by atoms with Crippen LogP contribution >= 0.6 is 23.5 Å². The highest BCUT2D eigenvalue weighted by Crippen LogP contribution is 2.25. The third-order valence-corrected chi connectivity index (χ3v) is 5.39. The minimum atomic E-state index is -0.729. The quantitative estimate of drug-likeness (QED) is 0.399. The van der Waals surface area contributed by atoms with Crippen molar-refractivity contribution in [2.45, 2.75) is 61.6 Å². The number of carbonyl (C=O) groups is 1. The number of aromatic nitrogens is 1. The Morgan fingerprint density at radius 2 is 1.82 bits per heavy atom. The summed E-state index contributed by atoms with van der Waals surface area (Å²) in [6, 6.07) is 5.61. The Balaban J connectivity index is 2.11. The molecule has 5 heteroatoms. The first-order valence-corrected chi connectivity index (χ1v) is 10.3. The van der Waals surface area contributed by atoms with E-state index in [0.29, 0.717) is 0 Å². The van der Waals surface area contributed by atoms with Gasteiger partial charge in [-0.2, -0.15) is 11.8 Å². The van der Waals surface area contributed by atoms with E-state index in [0.717, 1.165) is 24.3 Å². The monoisotopic (exact) mass is 341 g/mol. The fourth-order valence-corrected chi connectivity index (χ4v) is 3.70. The molecule has 1 rings (SSSR count). The van der Waals surface area contributed by atoms with E-state index in [1.54, 1.807) is 6.20 Å². The summed E-state index contributed by atoms with van der Waals surface area (Å²) in [6.45, 7) is 0. The summed E-state index contributed by atoms with van der Waals surface area (Å²) in [7, 11) is 0. The number of rotatable bonds is 13. The van der Waals surface area contributed by atoms with Crippen LogP contribution in [-0.4, -0.2) is 33.3 Å². The Bertz CT molecular complexity index is 401. The number of nitrogens with zero attached hydrogens (tertiary/aromatic N) is 1. The zero-order valence-electron chi connectivity index (χ0n) is 13.4. The minimum Gasteiger partial charge on any atom is -0.480 e.